The summed E-state index contributed by atoms with van der Waals surface area (Å²) < 4.78 is 5.58. The van der Waals surface area contributed by atoms with E-state index in [1.54, 1.807) is 0 Å². The average molecular weight is 273 g/mol. The molecule has 0 N–H and O–H groups in total. The summed E-state index contributed by atoms with van der Waals surface area (Å²) in [6, 6.07) is 6.84. The monoisotopic (exact) mass is 273 g/mol. The molecule has 2 atom stereocenters. The number of aryl methyl sites for hydroxylation is 1. The number of carbonyl (C=O) groups is 1. The highest BCUT2D eigenvalue weighted by atomic mass is 16.5. The van der Waals surface area contributed by atoms with Crippen LogP contribution in [0.4, 0.5) is 0 Å². The SMILES string of the molecule is CCC1c2ccc(C)cc2CCN1C(=O)C1CCCO1. The van der Waals surface area contributed by atoms with Crippen LogP contribution in [0, 0.1) is 6.92 Å². The molecule has 2 aliphatic heterocycles. The Morgan fingerprint density at radius 3 is 3.00 bits per heavy atom. The molecule has 0 bridgehead atoms. The van der Waals surface area contributed by atoms with Crippen molar-refractivity contribution in [2.45, 2.75) is 51.7 Å². The van der Waals surface area contributed by atoms with E-state index in [0.717, 1.165) is 38.8 Å². The third-order valence-corrected chi connectivity index (χ3v) is 4.53. The van der Waals surface area contributed by atoms with Crippen LogP contribution >= 0.6 is 0 Å². The summed E-state index contributed by atoms with van der Waals surface area (Å²) in [5.74, 6) is 0.195. The topological polar surface area (TPSA) is 29.5 Å². The van der Waals surface area contributed by atoms with Crippen molar-refractivity contribution in [3.8, 4) is 0 Å². The zero-order valence-electron chi connectivity index (χ0n) is 12.4. The second-order valence-electron chi connectivity index (χ2n) is 5.91. The Hall–Kier alpha value is -1.35. The fraction of sp³-hybridized carbons (Fsp3) is 0.588. The molecule has 1 aromatic carbocycles. The fourth-order valence-electron chi connectivity index (χ4n) is 3.50. The maximum Gasteiger partial charge on any atom is 0.252 e. The van der Waals surface area contributed by atoms with Crippen molar-refractivity contribution in [3.63, 3.8) is 0 Å². The van der Waals surface area contributed by atoms with E-state index >= 15 is 0 Å². The highest BCUT2D eigenvalue weighted by Crippen LogP contribution is 2.34. The summed E-state index contributed by atoms with van der Waals surface area (Å²) >= 11 is 0. The molecule has 2 heterocycles. The quantitative estimate of drug-likeness (QED) is 0.829. The second kappa shape index (κ2) is 5.57. The first-order valence-electron chi connectivity index (χ1n) is 7.72. The Kier molecular flexibility index (Phi) is 3.79. The molecule has 2 unspecified atom stereocenters. The molecule has 1 fully saturated rings. The fourth-order valence-corrected chi connectivity index (χ4v) is 3.50. The van der Waals surface area contributed by atoms with Crippen LogP contribution in [-0.2, 0) is 16.0 Å². The van der Waals surface area contributed by atoms with Crippen molar-refractivity contribution in [3.05, 3.63) is 34.9 Å². The first-order valence-corrected chi connectivity index (χ1v) is 7.72. The van der Waals surface area contributed by atoms with Crippen molar-refractivity contribution in [2.24, 2.45) is 0 Å². The summed E-state index contributed by atoms with van der Waals surface area (Å²) in [7, 11) is 0. The molecule has 3 rings (SSSR count). The van der Waals surface area contributed by atoms with Crippen molar-refractivity contribution in [2.75, 3.05) is 13.2 Å². The number of hydrogen-bond donors (Lipinski definition) is 0. The van der Waals surface area contributed by atoms with Gasteiger partial charge in [0.1, 0.15) is 6.10 Å². The van der Waals surface area contributed by atoms with Gasteiger partial charge in [-0.05, 0) is 43.7 Å². The minimum atomic E-state index is -0.198. The third-order valence-electron chi connectivity index (χ3n) is 4.53. The predicted molar refractivity (Wildman–Crippen MR) is 78.6 cm³/mol. The summed E-state index contributed by atoms with van der Waals surface area (Å²) in [5, 5.41) is 0. The van der Waals surface area contributed by atoms with Crippen molar-refractivity contribution < 1.29 is 9.53 Å². The smallest absolute Gasteiger partial charge is 0.252 e. The van der Waals surface area contributed by atoms with E-state index in [1.165, 1.54) is 16.7 Å². The number of nitrogens with zero attached hydrogens (tertiary/aromatic N) is 1. The van der Waals surface area contributed by atoms with E-state index in [-0.39, 0.29) is 18.1 Å². The van der Waals surface area contributed by atoms with Crippen LogP contribution in [0.3, 0.4) is 0 Å². The maximum atomic E-state index is 12.6. The van der Waals surface area contributed by atoms with Crippen LogP contribution < -0.4 is 0 Å². The lowest BCUT2D eigenvalue weighted by atomic mass is 9.89. The minimum absolute atomic E-state index is 0.195. The Morgan fingerprint density at radius 1 is 1.45 bits per heavy atom. The molecule has 0 aliphatic carbocycles. The molecule has 1 aromatic rings. The highest BCUT2D eigenvalue weighted by Gasteiger charge is 2.35. The van der Waals surface area contributed by atoms with Gasteiger partial charge in [0.15, 0.2) is 0 Å². The lowest BCUT2D eigenvalue weighted by Crippen LogP contribution is -2.44. The number of benzene rings is 1. The van der Waals surface area contributed by atoms with Crippen LogP contribution in [0.15, 0.2) is 18.2 Å². The zero-order chi connectivity index (χ0) is 14.1. The van der Waals surface area contributed by atoms with Gasteiger partial charge in [-0.3, -0.25) is 4.79 Å². The Morgan fingerprint density at radius 2 is 2.30 bits per heavy atom. The van der Waals surface area contributed by atoms with Crippen LogP contribution in [0.25, 0.3) is 0 Å². The van der Waals surface area contributed by atoms with E-state index in [2.05, 4.69) is 32.0 Å². The van der Waals surface area contributed by atoms with Crippen LogP contribution in [-0.4, -0.2) is 30.1 Å². The lowest BCUT2D eigenvalue weighted by Gasteiger charge is -2.38. The molecule has 0 aromatic heterocycles. The van der Waals surface area contributed by atoms with Crippen molar-refractivity contribution in [1.29, 1.82) is 0 Å². The van der Waals surface area contributed by atoms with Gasteiger partial charge in [0.05, 0.1) is 6.04 Å². The standard InChI is InChI=1S/C17H23NO2/c1-3-15-14-7-6-12(2)11-13(14)8-9-18(15)17(19)16-5-4-10-20-16/h6-7,11,15-16H,3-5,8-10H2,1-2H3. The molecule has 108 valence electrons. The molecule has 0 radical (unpaired) electrons. The first kappa shape index (κ1) is 13.6. The summed E-state index contributed by atoms with van der Waals surface area (Å²) in [4.78, 5) is 14.7. The molecule has 3 nitrogen and oxygen atoms in total. The lowest BCUT2D eigenvalue weighted by molar-refractivity contribution is -0.144. The van der Waals surface area contributed by atoms with Crippen LogP contribution in [0.5, 0.6) is 0 Å². The molecule has 0 saturated carbocycles. The summed E-state index contributed by atoms with van der Waals surface area (Å²) in [5.41, 5.74) is 4.04. The van der Waals surface area contributed by atoms with Gasteiger partial charge in [0.25, 0.3) is 5.91 Å². The van der Waals surface area contributed by atoms with E-state index in [4.69, 9.17) is 4.74 Å². The number of rotatable bonds is 2. The summed E-state index contributed by atoms with van der Waals surface area (Å²) in [6.07, 6.45) is 3.63. The molecule has 0 spiro atoms. The Labute approximate surface area is 120 Å². The predicted octanol–water partition coefficient (Wildman–Crippen LogP) is 3.01. The molecular formula is C17H23NO2. The number of carbonyl (C=O) groups excluding carboxylic acids is 1. The molecular weight excluding hydrogens is 250 g/mol. The zero-order valence-corrected chi connectivity index (χ0v) is 12.4. The number of amides is 1. The van der Waals surface area contributed by atoms with Gasteiger partial charge in [-0.15, -0.1) is 0 Å². The number of fused-ring (bicyclic) bond motifs is 1. The van der Waals surface area contributed by atoms with E-state index in [1.807, 2.05) is 4.90 Å². The van der Waals surface area contributed by atoms with Gasteiger partial charge in [0.2, 0.25) is 0 Å². The first-order chi connectivity index (χ1) is 9.70. The largest absolute Gasteiger partial charge is 0.368 e. The van der Waals surface area contributed by atoms with Crippen LogP contribution in [0.2, 0.25) is 0 Å². The van der Waals surface area contributed by atoms with E-state index in [0.29, 0.717) is 0 Å². The Balaban J connectivity index is 1.86. The average Bonchev–Trinajstić information content (AvgIpc) is 2.99. The van der Waals surface area contributed by atoms with Crippen molar-refractivity contribution in [1.82, 2.24) is 4.90 Å². The van der Waals surface area contributed by atoms with E-state index < -0.39 is 0 Å². The third kappa shape index (κ3) is 2.35. The molecule has 2 aliphatic rings. The molecule has 20 heavy (non-hydrogen) atoms. The molecule has 3 heteroatoms. The molecule has 1 amide bonds. The van der Waals surface area contributed by atoms with Gasteiger partial charge < -0.3 is 9.64 Å². The van der Waals surface area contributed by atoms with Gasteiger partial charge in [-0.2, -0.15) is 0 Å². The van der Waals surface area contributed by atoms with Gasteiger partial charge >= 0.3 is 0 Å². The van der Waals surface area contributed by atoms with Crippen LogP contribution in [0.1, 0.15) is 48.9 Å². The number of ether oxygens (including phenoxy) is 1. The molecule has 1 saturated heterocycles. The normalized spacial score (nSPS) is 25.6. The van der Waals surface area contributed by atoms with Gasteiger partial charge in [-0.1, -0.05) is 30.7 Å². The van der Waals surface area contributed by atoms with Gasteiger partial charge in [0, 0.05) is 13.2 Å². The minimum Gasteiger partial charge on any atom is -0.368 e. The second-order valence-corrected chi connectivity index (χ2v) is 5.91. The maximum absolute atomic E-state index is 12.6. The highest BCUT2D eigenvalue weighted by molar-refractivity contribution is 5.82. The van der Waals surface area contributed by atoms with Crippen molar-refractivity contribution >= 4 is 5.91 Å². The van der Waals surface area contributed by atoms with Gasteiger partial charge in [-0.25, -0.2) is 0 Å². The number of hydrogen-bond acceptors (Lipinski definition) is 2. The Bertz CT molecular complexity index is 506. The summed E-state index contributed by atoms with van der Waals surface area (Å²) in [6.45, 7) is 5.85. The van der Waals surface area contributed by atoms with E-state index in [9.17, 15) is 4.79 Å².